The maximum atomic E-state index is 12.0. The molecule has 2 fully saturated rings. The maximum absolute atomic E-state index is 12.0. The van der Waals surface area contributed by atoms with Gasteiger partial charge in [0.25, 0.3) is 0 Å². The first-order valence-electron chi connectivity index (χ1n) is 17.4. The van der Waals surface area contributed by atoms with Crippen molar-refractivity contribution in [1.82, 2.24) is 39.5 Å². The van der Waals surface area contributed by atoms with Crippen LogP contribution < -0.4 is 0 Å². The number of nitrogens with zero attached hydrogens (tertiary/aromatic N) is 6. The Hall–Kier alpha value is -3.96. The molecule has 2 aliphatic heterocycles. The lowest BCUT2D eigenvalue weighted by atomic mass is 10.0. The molecule has 0 aliphatic carbocycles. The Bertz CT molecular complexity index is 1510. The summed E-state index contributed by atoms with van der Waals surface area (Å²) in [6.45, 7) is 3.61. The van der Waals surface area contributed by atoms with E-state index in [1.807, 2.05) is 40.6 Å². The zero-order valence-electron chi connectivity index (χ0n) is 28.8. The highest BCUT2D eigenvalue weighted by Gasteiger charge is 2.34. The third-order valence-electron chi connectivity index (χ3n) is 10.0. The first kappa shape index (κ1) is 33.9. The lowest BCUT2D eigenvalue weighted by Gasteiger charge is -2.29. The van der Waals surface area contributed by atoms with Gasteiger partial charge in [-0.15, -0.1) is 0 Å². The Kier molecular flexibility index (Phi) is 11.0. The van der Waals surface area contributed by atoms with Crippen molar-refractivity contribution in [3.05, 3.63) is 72.6 Å². The van der Waals surface area contributed by atoms with Crippen molar-refractivity contribution in [2.24, 2.45) is 0 Å². The Morgan fingerprint density at radius 3 is 1.40 bits per heavy atom. The van der Waals surface area contributed by atoms with Crippen molar-refractivity contribution >= 4 is 12.6 Å². The lowest BCUT2D eigenvalue weighted by molar-refractivity contribution is -0.113. The number of H-pyrrole nitrogens is 2. The molecule has 4 atom stereocenters. The summed E-state index contributed by atoms with van der Waals surface area (Å²) in [7, 11) is 8.18. The zero-order valence-corrected chi connectivity index (χ0v) is 28.8. The highest BCUT2D eigenvalue weighted by molar-refractivity contribution is 5.71. The molecule has 2 N–H and O–H groups in total. The molecule has 254 valence electrons. The van der Waals surface area contributed by atoms with E-state index < -0.39 is 0 Å². The minimum atomic E-state index is -0.0914. The first-order chi connectivity index (χ1) is 23.3. The van der Waals surface area contributed by atoms with Crippen LogP contribution in [0.15, 0.2) is 60.9 Å². The molecule has 10 heteroatoms. The number of carbonyl (C=O) groups excluding carboxylic acids is 2. The van der Waals surface area contributed by atoms with Gasteiger partial charge in [-0.2, -0.15) is 0 Å². The molecule has 0 amide bonds. The molecule has 0 spiro atoms. The van der Waals surface area contributed by atoms with Gasteiger partial charge in [0.15, 0.2) is 0 Å². The van der Waals surface area contributed by atoms with E-state index in [0.717, 1.165) is 123 Å². The predicted octanol–water partition coefficient (Wildman–Crippen LogP) is 5.45. The standard InChI is InChI=1S/C38H50N8O2/c1-43(2)21-17-31(25-47)45-19-5-7-35(45)37-39-23-33(41-37)29-13-9-27(10-14-29)28-11-15-30(16-12-28)34-24-40-38(42-34)36-8-6-20-46(36)32(26-48)18-22-44(3)4/h9-16,23-26,31-32,35-36H,5-8,17-22H2,1-4H3,(H,39,41)(H,40,42)/t31-,32-,35?,36?/m0/s1. The van der Waals surface area contributed by atoms with Crippen molar-refractivity contribution in [2.45, 2.75) is 62.7 Å². The second-order valence-electron chi connectivity index (χ2n) is 13.9. The van der Waals surface area contributed by atoms with Crippen LogP contribution in [0.4, 0.5) is 0 Å². The largest absolute Gasteiger partial charge is 0.341 e. The van der Waals surface area contributed by atoms with Crippen molar-refractivity contribution in [1.29, 1.82) is 0 Å². The summed E-state index contributed by atoms with van der Waals surface area (Å²) in [5.74, 6) is 1.88. The fourth-order valence-electron chi connectivity index (χ4n) is 7.35. The van der Waals surface area contributed by atoms with E-state index in [1.54, 1.807) is 0 Å². The van der Waals surface area contributed by atoms with Crippen LogP contribution in [0.3, 0.4) is 0 Å². The summed E-state index contributed by atoms with van der Waals surface area (Å²) in [4.78, 5) is 49.5. The minimum absolute atomic E-state index is 0.0914. The Morgan fingerprint density at radius 1 is 0.667 bits per heavy atom. The topological polar surface area (TPSA) is 104 Å². The van der Waals surface area contributed by atoms with Crippen LogP contribution in [0.2, 0.25) is 0 Å². The predicted molar refractivity (Wildman–Crippen MR) is 190 cm³/mol. The van der Waals surface area contributed by atoms with Gasteiger partial charge in [-0.3, -0.25) is 9.80 Å². The fraction of sp³-hybridized carbons (Fsp3) is 0.474. The molecule has 48 heavy (non-hydrogen) atoms. The van der Waals surface area contributed by atoms with Crippen LogP contribution in [-0.2, 0) is 9.59 Å². The highest BCUT2D eigenvalue weighted by Crippen LogP contribution is 2.35. The van der Waals surface area contributed by atoms with Gasteiger partial charge in [0.1, 0.15) is 24.2 Å². The number of carbonyl (C=O) groups is 2. The number of rotatable bonds is 15. The molecule has 4 heterocycles. The molecule has 0 saturated carbocycles. The monoisotopic (exact) mass is 650 g/mol. The Morgan fingerprint density at radius 2 is 1.04 bits per heavy atom. The third kappa shape index (κ3) is 7.68. The highest BCUT2D eigenvalue weighted by atomic mass is 16.1. The SMILES string of the molecule is CN(C)CC[C@@H](C=O)N1CCCC1c1ncc(-c2ccc(-c3ccc(-c4cnc(C5CCCN5[C@H](C=O)CCN(C)C)[nH]4)cc3)cc2)[nH]1. The van der Waals surface area contributed by atoms with E-state index in [1.165, 1.54) is 0 Å². The number of benzene rings is 2. The van der Waals surface area contributed by atoms with Crippen molar-refractivity contribution in [3.8, 4) is 33.6 Å². The van der Waals surface area contributed by atoms with Gasteiger partial charge in [0.05, 0.1) is 47.9 Å². The average Bonchev–Trinajstić information content (AvgIpc) is 3.92. The van der Waals surface area contributed by atoms with Gasteiger partial charge < -0.3 is 29.4 Å². The molecule has 10 nitrogen and oxygen atoms in total. The second-order valence-corrected chi connectivity index (χ2v) is 13.9. The van der Waals surface area contributed by atoms with Crippen LogP contribution in [0, 0.1) is 0 Å². The summed E-state index contributed by atoms with van der Waals surface area (Å²) in [6, 6.07) is 17.2. The molecule has 6 rings (SSSR count). The number of aromatic amines is 2. The molecule has 2 aromatic heterocycles. The summed E-state index contributed by atoms with van der Waals surface area (Å²) in [5.41, 5.74) is 6.44. The molecular formula is C38H50N8O2. The summed E-state index contributed by atoms with van der Waals surface area (Å²) < 4.78 is 0. The van der Waals surface area contributed by atoms with Crippen molar-refractivity contribution < 1.29 is 9.59 Å². The molecule has 2 unspecified atom stereocenters. The van der Waals surface area contributed by atoms with Crippen LogP contribution in [0.25, 0.3) is 33.6 Å². The van der Waals surface area contributed by atoms with Gasteiger partial charge in [-0.1, -0.05) is 48.5 Å². The quantitative estimate of drug-likeness (QED) is 0.164. The fourth-order valence-corrected chi connectivity index (χ4v) is 7.35. The summed E-state index contributed by atoms with van der Waals surface area (Å²) in [5, 5.41) is 0. The van der Waals surface area contributed by atoms with E-state index in [0.29, 0.717) is 0 Å². The van der Waals surface area contributed by atoms with Crippen molar-refractivity contribution in [2.75, 3.05) is 54.4 Å². The molecule has 2 aromatic carbocycles. The second kappa shape index (κ2) is 15.5. The lowest BCUT2D eigenvalue weighted by Crippen LogP contribution is -2.38. The van der Waals surface area contributed by atoms with E-state index in [-0.39, 0.29) is 24.2 Å². The van der Waals surface area contributed by atoms with Gasteiger partial charge in [-0.25, -0.2) is 9.97 Å². The summed E-state index contributed by atoms with van der Waals surface area (Å²) in [6.07, 6.45) is 11.8. The molecule has 2 aliphatic rings. The van der Waals surface area contributed by atoms with Crippen LogP contribution in [-0.4, -0.2) is 119 Å². The number of hydrogen-bond acceptors (Lipinski definition) is 8. The molecule has 0 bridgehead atoms. The zero-order chi connectivity index (χ0) is 33.6. The van der Waals surface area contributed by atoms with Gasteiger partial charge in [0.2, 0.25) is 0 Å². The van der Waals surface area contributed by atoms with Gasteiger partial charge in [-0.05, 0) is 115 Å². The Labute approximate surface area is 284 Å². The van der Waals surface area contributed by atoms with Crippen LogP contribution in [0.5, 0.6) is 0 Å². The summed E-state index contributed by atoms with van der Waals surface area (Å²) >= 11 is 0. The molecule has 0 radical (unpaired) electrons. The average molecular weight is 651 g/mol. The van der Waals surface area contributed by atoms with E-state index in [9.17, 15) is 9.59 Å². The number of imidazole rings is 2. The smallest absolute Gasteiger partial charge is 0.137 e. The van der Waals surface area contributed by atoms with E-state index >= 15 is 0 Å². The third-order valence-corrected chi connectivity index (χ3v) is 10.0. The number of aromatic nitrogens is 4. The van der Waals surface area contributed by atoms with Gasteiger partial charge >= 0.3 is 0 Å². The number of hydrogen-bond donors (Lipinski definition) is 2. The number of aldehydes is 2. The van der Waals surface area contributed by atoms with Crippen LogP contribution in [0.1, 0.15) is 62.3 Å². The van der Waals surface area contributed by atoms with Crippen LogP contribution >= 0.6 is 0 Å². The number of nitrogens with one attached hydrogen (secondary N) is 2. The molecule has 4 aromatic rings. The molecule has 2 saturated heterocycles. The maximum Gasteiger partial charge on any atom is 0.137 e. The minimum Gasteiger partial charge on any atom is -0.341 e. The Balaban J connectivity index is 1.10. The first-order valence-corrected chi connectivity index (χ1v) is 17.4. The van der Waals surface area contributed by atoms with E-state index in [2.05, 4.69) is 78.1 Å². The molecular weight excluding hydrogens is 600 g/mol. The normalized spacial score (nSPS) is 20.1. The number of likely N-dealkylation sites (tertiary alicyclic amines) is 2. The van der Waals surface area contributed by atoms with Gasteiger partial charge in [0, 0.05) is 0 Å². The van der Waals surface area contributed by atoms with Crippen molar-refractivity contribution in [3.63, 3.8) is 0 Å². The van der Waals surface area contributed by atoms with E-state index in [4.69, 9.17) is 9.97 Å².